The molecule has 1 saturated carbocycles. The Labute approximate surface area is 82.4 Å². The quantitative estimate of drug-likeness (QED) is 0.772. The number of aromatic nitrogens is 1. The number of nitrogens with one attached hydrogen (secondary N) is 1. The number of rotatable bonds is 4. The Hall–Kier alpha value is -0.610. The van der Waals surface area contributed by atoms with E-state index < -0.39 is 0 Å². The molecular weight excluding hydrogens is 182 g/mol. The van der Waals surface area contributed by atoms with Crippen molar-refractivity contribution in [3.8, 4) is 0 Å². The van der Waals surface area contributed by atoms with Crippen molar-refractivity contribution in [2.45, 2.75) is 32.2 Å². The minimum atomic E-state index is 0.710. The maximum Gasteiger partial charge on any atom is 0.180 e. The molecule has 1 aliphatic rings. The van der Waals surface area contributed by atoms with E-state index in [2.05, 4.69) is 17.2 Å². The lowest BCUT2D eigenvalue weighted by Crippen LogP contribution is -2.11. The molecule has 0 aliphatic heterocycles. The van der Waals surface area contributed by atoms with Crippen molar-refractivity contribution in [3.63, 3.8) is 0 Å². The number of hydrogen-bond donors (Lipinski definition) is 2. The molecule has 0 amide bonds. The van der Waals surface area contributed by atoms with Gasteiger partial charge in [0.2, 0.25) is 0 Å². The van der Waals surface area contributed by atoms with Crippen molar-refractivity contribution in [1.82, 2.24) is 10.3 Å². The molecule has 2 rings (SSSR count). The van der Waals surface area contributed by atoms with E-state index in [0.29, 0.717) is 5.92 Å². The standard InChI is InChI=1S/C9H15N3S/c1-2-11-5-7-8(6-3-4-6)12-9(10)13-7/h6,11H,2-5H2,1H3,(H2,10,12). The van der Waals surface area contributed by atoms with E-state index in [1.54, 1.807) is 11.3 Å². The molecule has 0 bridgehead atoms. The minimum Gasteiger partial charge on any atom is -0.375 e. The topological polar surface area (TPSA) is 50.9 Å². The van der Waals surface area contributed by atoms with Gasteiger partial charge in [-0.3, -0.25) is 0 Å². The van der Waals surface area contributed by atoms with E-state index in [1.807, 2.05) is 0 Å². The summed E-state index contributed by atoms with van der Waals surface area (Å²) in [5, 5.41) is 4.03. The van der Waals surface area contributed by atoms with Crippen LogP contribution < -0.4 is 11.1 Å². The van der Waals surface area contributed by atoms with Crippen LogP contribution in [0.5, 0.6) is 0 Å². The van der Waals surface area contributed by atoms with Crippen LogP contribution in [0.15, 0.2) is 0 Å². The first-order valence-corrected chi connectivity index (χ1v) is 5.58. The molecule has 3 nitrogen and oxygen atoms in total. The van der Waals surface area contributed by atoms with Gasteiger partial charge in [0.15, 0.2) is 5.13 Å². The maximum absolute atomic E-state index is 5.70. The molecular formula is C9H15N3S. The summed E-state index contributed by atoms with van der Waals surface area (Å²) in [4.78, 5) is 5.72. The minimum absolute atomic E-state index is 0.710. The van der Waals surface area contributed by atoms with Crippen LogP contribution in [0, 0.1) is 0 Å². The third-order valence-electron chi connectivity index (χ3n) is 2.24. The lowest BCUT2D eigenvalue weighted by Gasteiger charge is -2.00. The predicted octanol–water partition coefficient (Wildman–Crippen LogP) is 1.71. The molecule has 4 heteroatoms. The van der Waals surface area contributed by atoms with Gasteiger partial charge in [-0.2, -0.15) is 0 Å². The summed E-state index contributed by atoms with van der Waals surface area (Å²) in [6, 6.07) is 0. The van der Waals surface area contributed by atoms with Gasteiger partial charge < -0.3 is 11.1 Å². The summed E-state index contributed by atoms with van der Waals surface area (Å²) in [6.07, 6.45) is 2.59. The molecule has 0 radical (unpaired) electrons. The van der Waals surface area contributed by atoms with Gasteiger partial charge in [-0.1, -0.05) is 6.92 Å². The van der Waals surface area contributed by atoms with Crippen molar-refractivity contribution in [3.05, 3.63) is 10.6 Å². The average Bonchev–Trinajstić information content (AvgIpc) is 2.88. The van der Waals surface area contributed by atoms with Gasteiger partial charge in [0.1, 0.15) is 0 Å². The summed E-state index contributed by atoms with van der Waals surface area (Å²) in [6.45, 7) is 4.04. The smallest absolute Gasteiger partial charge is 0.180 e. The second kappa shape index (κ2) is 3.64. The summed E-state index contributed by atoms with van der Waals surface area (Å²) in [7, 11) is 0. The molecule has 3 N–H and O–H groups in total. The molecule has 0 atom stereocenters. The summed E-state index contributed by atoms with van der Waals surface area (Å²) < 4.78 is 0. The zero-order valence-electron chi connectivity index (χ0n) is 7.84. The fourth-order valence-corrected chi connectivity index (χ4v) is 2.31. The molecule has 0 unspecified atom stereocenters. The van der Waals surface area contributed by atoms with Crippen molar-refractivity contribution in [1.29, 1.82) is 0 Å². The van der Waals surface area contributed by atoms with Gasteiger partial charge in [-0.25, -0.2) is 4.98 Å². The highest BCUT2D eigenvalue weighted by Gasteiger charge is 2.28. The van der Waals surface area contributed by atoms with Crippen molar-refractivity contribution >= 4 is 16.5 Å². The number of nitrogens with zero attached hydrogens (tertiary/aromatic N) is 1. The van der Waals surface area contributed by atoms with Crippen LogP contribution in [0.25, 0.3) is 0 Å². The van der Waals surface area contributed by atoms with Crippen LogP contribution in [0.4, 0.5) is 5.13 Å². The number of thiazole rings is 1. The van der Waals surface area contributed by atoms with E-state index in [9.17, 15) is 0 Å². The first-order valence-electron chi connectivity index (χ1n) is 4.77. The zero-order valence-corrected chi connectivity index (χ0v) is 8.66. The number of nitrogen functional groups attached to an aromatic ring is 1. The van der Waals surface area contributed by atoms with Crippen molar-refractivity contribution in [2.24, 2.45) is 0 Å². The van der Waals surface area contributed by atoms with Gasteiger partial charge in [0, 0.05) is 17.3 Å². The van der Waals surface area contributed by atoms with E-state index in [-0.39, 0.29) is 0 Å². The van der Waals surface area contributed by atoms with Crippen LogP contribution in [0.1, 0.15) is 36.3 Å². The first kappa shape index (κ1) is 8.97. The van der Waals surface area contributed by atoms with E-state index in [1.165, 1.54) is 23.4 Å². The molecule has 0 aromatic carbocycles. The van der Waals surface area contributed by atoms with Crippen LogP contribution >= 0.6 is 11.3 Å². The van der Waals surface area contributed by atoms with Crippen molar-refractivity contribution in [2.75, 3.05) is 12.3 Å². The Balaban J connectivity index is 2.11. The Kier molecular flexibility index (Phi) is 2.51. The molecule has 72 valence electrons. The summed E-state index contributed by atoms with van der Waals surface area (Å²) in [5.74, 6) is 0.710. The molecule has 1 fully saturated rings. The molecule has 1 aliphatic carbocycles. The normalized spacial score (nSPS) is 16.4. The molecule has 13 heavy (non-hydrogen) atoms. The SMILES string of the molecule is CCNCc1sc(N)nc1C1CC1. The number of hydrogen-bond acceptors (Lipinski definition) is 4. The van der Waals surface area contributed by atoms with Crippen LogP contribution in [0.2, 0.25) is 0 Å². The highest BCUT2D eigenvalue weighted by atomic mass is 32.1. The lowest BCUT2D eigenvalue weighted by atomic mass is 10.2. The molecule has 1 aromatic heterocycles. The average molecular weight is 197 g/mol. The van der Waals surface area contributed by atoms with Gasteiger partial charge in [0.05, 0.1) is 5.69 Å². The Morgan fingerprint density at radius 3 is 3.00 bits per heavy atom. The fraction of sp³-hybridized carbons (Fsp3) is 0.667. The van der Waals surface area contributed by atoms with Gasteiger partial charge in [-0.15, -0.1) is 11.3 Å². The molecule has 0 saturated heterocycles. The third kappa shape index (κ3) is 2.00. The maximum atomic E-state index is 5.70. The van der Waals surface area contributed by atoms with E-state index in [4.69, 9.17) is 5.73 Å². The number of nitrogens with two attached hydrogens (primary N) is 1. The van der Waals surface area contributed by atoms with Crippen molar-refractivity contribution < 1.29 is 0 Å². The van der Waals surface area contributed by atoms with E-state index >= 15 is 0 Å². The van der Waals surface area contributed by atoms with Crippen LogP contribution in [-0.2, 0) is 6.54 Å². The first-order chi connectivity index (χ1) is 6.31. The highest BCUT2D eigenvalue weighted by molar-refractivity contribution is 7.15. The second-order valence-electron chi connectivity index (χ2n) is 3.42. The summed E-state index contributed by atoms with van der Waals surface area (Å²) in [5.41, 5.74) is 6.95. The zero-order chi connectivity index (χ0) is 9.26. The Morgan fingerprint density at radius 1 is 1.62 bits per heavy atom. The third-order valence-corrected chi connectivity index (χ3v) is 3.14. The fourth-order valence-electron chi connectivity index (χ4n) is 1.42. The van der Waals surface area contributed by atoms with Gasteiger partial charge >= 0.3 is 0 Å². The number of anilines is 1. The van der Waals surface area contributed by atoms with Crippen LogP contribution in [-0.4, -0.2) is 11.5 Å². The molecule has 1 heterocycles. The highest BCUT2D eigenvalue weighted by Crippen LogP contribution is 2.43. The van der Waals surface area contributed by atoms with Crippen LogP contribution in [0.3, 0.4) is 0 Å². The summed E-state index contributed by atoms with van der Waals surface area (Å²) >= 11 is 1.63. The van der Waals surface area contributed by atoms with Gasteiger partial charge in [0.25, 0.3) is 0 Å². The lowest BCUT2D eigenvalue weighted by molar-refractivity contribution is 0.727. The predicted molar refractivity (Wildman–Crippen MR) is 55.9 cm³/mol. The van der Waals surface area contributed by atoms with E-state index in [0.717, 1.165) is 18.2 Å². The monoisotopic (exact) mass is 197 g/mol. The largest absolute Gasteiger partial charge is 0.375 e. The Morgan fingerprint density at radius 2 is 2.38 bits per heavy atom. The second-order valence-corrected chi connectivity index (χ2v) is 4.53. The molecule has 1 aromatic rings. The van der Waals surface area contributed by atoms with Gasteiger partial charge in [-0.05, 0) is 19.4 Å². The molecule has 0 spiro atoms. The Bertz CT molecular complexity index is 291.